The van der Waals surface area contributed by atoms with E-state index >= 15 is 0 Å². The van der Waals surface area contributed by atoms with Crippen molar-refractivity contribution >= 4 is 40.2 Å². The highest BCUT2D eigenvalue weighted by Gasteiger charge is 2.13. The van der Waals surface area contributed by atoms with Crippen LogP contribution in [0.5, 0.6) is 0 Å². The molecule has 0 spiro atoms. The van der Waals surface area contributed by atoms with Gasteiger partial charge < -0.3 is 5.32 Å². The molecule has 1 N–H and O–H groups in total. The molecule has 0 bridgehead atoms. The molecule has 0 saturated carbocycles. The number of nitrogens with one attached hydrogen (secondary N) is 1. The Labute approximate surface area is 161 Å². The van der Waals surface area contributed by atoms with Gasteiger partial charge in [0.05, 0.1) is 10.4 Å². The third-order valence-electron chi connectivity index (χ3n) is 4.27. The number of nitrogens with zero attached hydrogens (tertiary/aromatic N) is 3. The molecule has 0 amide bonds. The van der Waals surface area contributed by atoms with Gasteiger partial charge in [-0.15, -0.1) is 0 Å². The third kappa shape index (κ3) is 3.71. The Hall–Kier alpha value is -4.06. The van der Waals surface area contributed by atoms with Gasteiger partial charge in [0.1, 0.15) is 0 Å². The van der Waals surface area contributed by atoms with Crippen molar-refractivity contribution in [2.75, 3.05) is 5.32 Å². The van der Waals surface area contributed by atoms with Gasteiger partial charge in [-0.3, -0.25) is 15.1 Å². The molecule has 4 aromatic rings. The van der Waals surface area contributed by atoms with Crippen molar-refractivity contribution in [2.24, 2.45) is 0 Å². The molecule has 0 aliphatic heterocycles. The van der Waals surface area contributed by atoms with Gasteiger partial charge in [0, 0.05) is 29.5 Å². The lowest BCUT2D eigenvalue weighted by molar-refractivity contribution is -0.384. The molecule has 136 valence electrons. The van der Waals surface area contributed by atoms with Crippen molar-refractivity contribution < 1.29 is 4.92 Å². The van der Waals surface area contributed by atoms with Gasteiger partial charge in [0.15, 0.2) is 0 Å². The van der Waals surface area contributed by atoms with Gasteiger partial charge in [-0.1, -0.05) is 42.5 Å². The minimum absolute atomic E-state index is 0.0632. The van der Waals surface area contributed by atoms with Crippen LogP contribution in [0, 0.1) is 10.1 Å². The monoisotopic (exact) mass is 368 g/mol. The summed E-state index contributed by atoms with van der Waals surface area (Å²) in [5, 5.41) is 15.3. The lowest BCUT2D eigenvalue weighted by atomic mass is 10.1. The minimum atomic E-state index is -0.451. The van der Waals surface area contributed by atoms with Crippen LogP contribution in [0.2, 0.25) is 0 Å². The van der Waals surface area contributed by atoms with Crippen molar-refractivity contribution in [3.05, 3.63) is 100 Å². The van der Waals surface area contributed by atoms with Gasteiger partial charge >= 0.3 is 5.69 Å². The highest BCUT2D eigenvalue weighted by atomic mass is 16.6. The molecular formula is C22H16N4O2. The second-order valence-electron chi connectivity index (χ2n) is 6.13. The summed E-state index contributed by atoms with van der Waals surface area (Å²) in [6.45, 7) is 0. The predicted octanol–water partition coefficient (Wildman–Crippen LogP) is 5.45. The molecule has 6 heteroatoms. The Kier molecular flexibility index (Phi) is 4.76. The number of anilines is 2. The van der Waals surface area contributed by atoms with Crippen LogP contribution >= 0.6 is 0 Å². The average molecular weight is 368 g/mol. The van der Waals surface area contributed by atoms with Gasteiger partial charge in [0.2, 0.25) is 5.82 Å². The first-order chi connectivity index (χ1) is 13.7. The summed E-state index contributed by atoms with van der Waals surface area (Å²) in [4.78, 5) is 19.2. The number of benzene rings is 2. The largest absolute Gasteiger partial charge is 0.334 e. The Balaban J connectivity index is 1.61. The fraction of sp³-hybridized carbons (Fsp3) is 0. The topological polar surface area (TPSA) is 81.0 Å². The van der Waals surface area contributed by atoms with Crippen LogP contribution in [0.4, 0.5) is 17.2 Å². The van der Waals surface area contributed by atoms with E-state index in [1.165, 1.54) is 12.3 Å². The highest BCUT2D eigenvalue weighted by molar-refractivity contribution is 5.90. The van der Waals surface area contributed by atoms with Crippen molar-refractivity contribution in [1.29, 1.82) is 0 Å². The number of rotatable bonds is 5. The number of nitro groups is 1. The van der Waals surface area contributed by atoms with Crippen molar-refractivity contribution in [3.63, 3.8) is 0 Å². The summed E-state index contributed by atoms with van der Waals surface area (Å²) in [5.74, 6) is 0.216. The van der Waals surface area contributed by atoms with Crippen molar-refractivity contribution in [2.45, 2.75) is 0 Å². The van der Waals surface area contributed by atoms with Crippen LogP contribution < -0.4 is 5.32 Å². The molecule has 0 radical (unpaired) electrons. The SMILES string of the molecule is O=[N+]([O-])c1cccnc1Nc1cccc(/C=C/c2ccnc3ccccc23)c1. The molecule has 0 fully saturated rings. The molecule has 6 nitrogen and oxygen atoms in total. The van der Waals surface area contributed by atoms with Crippen LogP contribution in [0.3, 0.4) is 0 Å². The predicted molar refractivity (Wildman–Crippen MR) is 111 cm³/mol. The zero-order valence-corrected chi connectivity index (χ0v) is 14.8. The Morgan fingerprint density at radius 2 is 1.79 bits per heavy atom. The first-order valence-corrected chi connectivity index (χ1v) is 8.69. The normalized spacial score (nSPS) is 11.0. The van der Waals surface area contributed by atoms with Crippen LogP contribution in [0.15, 0.2) is 79.1 Å². The fourth-order valence-corrected chi connectivity index (χ4v) is 2.95. The number of hydrogen-bond donors (Lipinski definition) is 1. The maximum Gasteiger partial charge on any atom is 0.311 e. The summed E-state index contributed by atoms with van der Waals surface area (Å²) >= 11 is 0. The second-order valence-corrected chi connectivity index (χ2v) is 6.13. The van der Waals surface area contributed by atoms with E-state index < -0.39 is 4.92 Å². The van der Waals surface area contributed by atoms with Gasteiger partial charge in [-0.2, -0.15) is 0 Å². The zero-order valence-electron chi connectivity index (χ0n) is 14.8. The quantitative estimate of drug-likeness (QED) is 0.374. The first kappa shape index (κ1) is 17.4. The molecule has 0 unspecified atom stereocenters. The lowest BCUT2D eigenvalue weighted by Crippen LogP contribution is -1.99. The summed E-state index contributed by atoms with van der Waals surface area (Å²) in [7, 11) is 0. The fourth-order valence-electron chi connectivity index (χ4n) is 2.95. The van der Waals surface area contributed by atoms with Gasteiger partial charge in [-0.25, -0.2) is 4.98 Å². The van der Waals surface area contributed by atoms with Crippen LogP contribution in [0.1, 0.15) is 11.1 Å². The molecule has 2 heterocycles. The average Bonchev–Trinajstić information content (AvgIpc) is 2.73. The third-order valence-corrected chi connectivity index (χ3v) is 4.27. The van der Waals surface area contributed by atoms with E-state index in [0.29, 0.717) is 0 Å². The van der Waals surface area contributed by atoms with Gasteiger partial charge in [0.25, 0.3) is 0 Å². The van der Waals surface area contributed by atoms with Crippen LogP contribution in [0.25, 0.3) is 23.1 Å². The number of aromatic nitrogens is 2. The molecule has 28 heavy (non-hydrogen) atoms. The molecule has 0 atom stereocenters. The maximum absolute atomic E-state index is 11.2. The second kappa shape index (κ2) is 7.67. The van der Waals surface area contributed by atoms with Crippen molar-refractivity contribution in [3.8, 4) is 0 Å². The summed E-state index contributed by atoms with van der Waals surface area (Å²) < 4.78 is 0. The van der Waals surface area contributed by atoms with E-state index in [2.05, 4.69) is 15.3 Å². The van der Waals surface area contributed by atoms with Gasteiger partial charge in [-0.05, 0) is 41.5 Å². The molecule has 4 rings (SSSR count). The van der Waals surface area contributed by atoms with Crippen LogP contribution in [-0.2, 0) is 0 Å². The molecule has 0 aliphatic carbocycles. The van der Waals surface area contributed by atoms with Crippen LogP contribution in [-0.4, -0.2) is 14.9 Å². The smallest absolute Gasteiger partial charge is 0.311 e. The van der Waals surface area contributed by atoms with E-state index in [-0.39, 0.29) is 11.5 Å². The summed E-state index contributed by atoms with van der Waals surface area (Å²) in [6.07, 6.45) is 7.35. The van der Waals surface area contributed by atoms with E-state index in [0.717, 1.165) is 27.7 Å². The van der Waals surface area contributed by atoms with E-state index in [4.69, 9.17) is 0 Å². The van der Waals surface area contributed by atoms with E-state index in [1.807, 2.05) is 66.7 Å². The highest BCUT2D eigenvalue weighted by Crippen LogP contribution is 2.25. The molecule has 0 saturated heterocycles. The Morgan fingerprint density at radius 1 is 0.893 bits per heavy atom. The van der Waals surface area contributed by atoms with Crippen molar-refractivity contribution in [1.82, 2.24) is 9.97 Å². The first-order valence-electron chi connectivity index (χ1n) is 8.69. The number of hydrogen-bond acceptors (Lipinski definition) is 5. The zero-order chi connectivity index (χ0) is 19.3. The lowest BCUT2D eigenvalue weighted by Gasteiger charge is -2.07. The number of pyridine rings is 2. The molecule has 2 aromatic carbocycles. The van der Waals surface area contributed by atoms with E-state index in [9.17, 15) is 10.1 Å². The summed E-state index contributed by atoms with van der Waals surface area (Å²) in [6, 6.07) is 20.5. The maximum atomic E-state index is 11.2. The Morgan fingerprint density at radius 3 is 2.68 bits per heavy atom. The number of fused-ring (bicyclic) bond motifs is 1. The molecule has 2 aromatic heterocycles. The summed E-state index contributed by atoms with van der Waals surface area (Å²) in [5.41, 5.74) is 3.64. The van der Waals surface area contributed by atoms with E-state index in [1.54, 1.807) is 12.3 Å². The minimum Gasteiger partial charge on any atom is -0.334 e. The Bertz CT molecular complexity index is 1180. The molecular weight excluding hydrogens is 352 g/mol. The standard InChI is InChI=1S/C22H16N4O2/c27-26(28)21-9-4-13-24-22(21)25-18-6-3-5-16(15-18)10-11-17-12-14-23-20-8-2-1-7-19(17)20/h1-15H,(H,24,25)/b11-10+. The molecule has 0 aliphatic rings. The number of para-hydroxylation sites is 1.